The minimum atomic E-state index is -0.633. The van der Waals surface area contributed by atoms with E-state index >= 15 is 0 Å². The number of ether oxygens (including phenoxy) is 1. The zero-order valence-electron chi connectivity index (χ0n) is 36.2. The maximum absolute atomic E-state index is 13.8. The lowest BCUT2D eigenvalue weighted by atomic mass is 10.0. The van der Waals surface area contributed by atoms with E-state index in [-0.39, 0.29) is 35.1 Å². The minimum absolute atomic E-state index is 0.0216. The Morgan fingerprint density at radius 2 is 1.80 bits per heavy atom. The Labute approximate surface area is 386 Å². The van der Waals surface area contributed by atoms with Gasteiger partial charge in [0.2, 0.25) is 23.6 Å². The molecule has 3 N–H and O–H groups in total. The normalized spacial score (nSPS) is 18.4. The second-order valence-electron chi connectivity index (χ2n) is 16.7. The monoisotopic (exact) mass is 925 g/mol. The van der Waals surface area contributed by atoms with E-state index in [1.165, 1.54) is 24.5 Å². The predicted molar refractivity (Wildman–Crippen MR) is 248 cm³/mol. The first-order valence-corrected chi connectivity index (χ1v) is 23.6. The molecule has 3 saturated heterocycles. The lowest BCUT2D eigenvalue weighted by Crippen LogP contribution is -2.54. The average molecular weight is 927 g/mol. The Kier molecular flexibility index (Phi) is 14.9. The van der Waals surface area contributed by atoms with Gasteiger partial charge in [-0.3, -0.25) is 34.2 Å². The number of anilines is 3. The summed E-state index contributed by atoms with van der Waals surface area (Å²) >= 11 is 7.67. The molecule has 342 valence electrons. The van der Waals surface area contributed by atoms with Gasteiger partial charge < -0.3 is 30.1 Å². The molecule has 4 aliphatic rings. The van der Waals surface area contributed by atoms with Gasteiger partial charge in [0.25, 0.3) is 5.91 Å². The van der Waals surface area contributed by atoms with E-state index in [0.29, 0.717) is 71.4 Å². The molecule has 1 unspecified atom stereocenters. The van der Waals surface area contributed by atoms with Crippen LogP contribution in [0.4, 0.5) is 21.6 Å². The third-order valence-electron chi connectivity index (χ3n) is 12.6. The Balaban J connectivity index is 0.729. The summed E-state index contributed by atoms with van der Waals surface area (Å²) in [5.74, 6) is 0.171. The quantitative estimate of drug-likeness (QED) is 0.0463. The Morgan fingerprint density at radius 1 is 0.985 bits per heavy atom. The second kappa shape index (κ2) is 21.1. The van der Waals surface area contributed by atoms with Crippen molar-refractivity contribution < 1.29 is 33.1 Å². The van der Waals surface area contributed by atoms with Gasteiger partial charge in [0.1, 0.15) is 29.8 Å². The summed E-state index contributed by atoms with van der Waals surface area (Å²) < 4.78 is 20.0. The molecule has 5 heterocycles. The minimum Gasteiger partial charge on any atom is -0.491 e. The summed E-state index contributed by atoms with van der Waals surface area (Å²) in [5.41, 5.74) is 3.13. The fraction of sp³-hybridized carbons (Fsp3) is 0.426. The van der Waals surface area contributed by atoms with Crippen LogP contribution in [0.5, 0.6) is 5.75 Å². The van der Waals surface area contributed by atoms with Crippen LogP contribution in [0, 0.1) is 5.82 Å². The lowest BCUT2D eigenvalue weighted by Gasteiger charge is -2.42. The molecule has 4 aromatic rings. The van der Waals surface area contributed by atoms with Crippen molar-refractivity contribution in [2.75, 3.05) is 68.8 Å². The van der Waals surface area contributed by atoms with Crippen molar-refractivity contribution in [2.45, 2.75) is 74.9 Å². The molecule has 0 aliphatic carbocycles. The van der Waals surface area contributed by atoms with Crippen LogP contribution < -0.4 is 20.7 Å². The standard InChI is InChI=1S/C47H53ClFN9O6S/c1-2-42(59)53-38-26-33-37(50-29-51-45(33)52-30-10-11-36(49)35(48)25-30)27-40(38)64-23-6-16-55-17-14-31(15-18-55)56-19-21-57(22-20-56)44(61)9-3-4-24-65-41-8-5-7-32-34(41)28-58(47(32)63)39-12-13-43(60)54-46(39)62/h2,5,7-8,10-11,25-27,29,31,39H,1,3-4,6,9,12-24,28H2,(H,53,59)(H,50,51,52)(H,54,60,62). The maximum atomic E-state index is 13.8. The van der Waals surface area contributed by atoms with Crippen molar-refractivity contribution in [3.05, 3.63) is 89.5 Å². The van der Waals surface area contributed by atoms with Crippen molar-refractivity contribution in [2.24, 2.45) is 0 Å². The third kappa shape index (κ3) is 11.1. The largest absolute Gasteiger partial charge is 0.491 e. The molecule has 3 fully saturated rings. The Morgan fingerprint density at radius 3 is 2.57 bits per heavy atom. The first kappa shape index (κ1) is 45.9. The van der Waals surface area contributed by atoms with Crippen molar-refractivity contribution >= 4 is 81.0 Å². The zero-order chi connectivity index (χ0) is 45.5. The summed E-state index contributed by atoms with van der Waals surface area (Å²) in [5, 5.41) is 8.95. The number of halogens is 2. The number of hydrogen-bond acceptors (Lipinski definition) is 12. The van der Waals surface area contributed by atoms with E-state index in [1.807, 2.05) is 17.0 Å². The summed E-state index contributed by atoms with van der Waals surface area (Å²) in [7, 11) is 0. The first-order valence-electron chi connectivity index (χ1n) is 22.2. The number of thioether (sulfide) groups is 1. The summed E-state index contributed by atoms with van der Waals surface area (Å²) in [4.78, 5) is 81.2. The van der Waals surface area contributed by atoms with E-state index in [1.54, 1.807) is 40.9 Å². The SMILES string of the molecule is C=CC(=O)Nc1cc2c(Nc3ccc(F)c(Cl)c3)ncnc2cc1OCCCN1CCC(N2CCN(C(=O)CCCCSc3cccc4c3CN(C3CCC(=O)NC3=O)C4=O)CC2)CC1. The van der Waals surface area contributed by atoms with Crippen molar-refractivity contribution in [1.82, 2.24) is 34.9 Å². The molecule has 5 amide bonds. The van der Waals surface area contributed by atoms with Crippen LogP contribution in [0.1, 0.15) is 67.3 Å². The van der Waals surface area contributed by atoms with Crippen molar-refractivity contribution in [1.29, 1.82) is 0 Å². The van der Waals surface area contributed by atoms with Crippen LogP contribution in [-0.2, 0) is 25.7 Å². The summed E-state index contributed by atoms with van der Waals surface area (Å²) in [6.07, 6.45) is 8.30. The molecular weight excluding hydrogens is 873 g/mol. The molecule has 0 spiro atoms. The van der Waals surface area contributed by atoms with E-state index < -0.39 is 17.8 Å². The van der Waals surface area contributed by atoms with E-state index in [9.17, 15) is 28.4 Å². The molecule has 0 radical (unpaired) electrons. The number of imide groups is 1. The molecule has 15 nitrogen and oxygen atoms in total. The highest BCUT2D eigenvalue weighted by Gasteiger charge is 2.40. The van der Waals surface area contributed by atoms with Gasteiger partial charge in [-0.05, 0) is 105 Å². The van der Waals surface area contributed by atoms with Crippen LogP contribution in [0.15, 0.2) is 72.4 Å². The number of rotatable bonds is 17. The molecule has 1 atom stereocenters. The average Bonchev–Trinajstić information content (AvgIpc) is 3.65. The lowest BCUT2D eigenvalue weighted by molar-refractivity contribution is -0.137. The molecule has 65 heavy (non-hydrogen) atoms. The van der Waals surface area contributed by atoms with Gasteiger partial charge in [0, 0.05) is 85.8 Å². The highest BCUT2D eigenvalue weighted by Crippen LogP contribution is 2.36. The predicted octanol–water partition coefficient (Wildman–Crippen LogP) is 6.39. The number of fused-ring (bicyclic) bond motifs is 2. The molecular formula is C47H53ClFN9O6S. The Bertz CT molecular complexity index is 2460. The van der Waals surface area contributed by atoms with Crippen LogP contribution in [0.2, 0.25) is 5.02 Å². The fourth-order valence-electron chi connectivity index (χ4n) is 9.02. The number of carbonyl (C=O) groups excluding carboxylic acids is 5. The van der Waals surface area contributed by atoms with E-state index in [0.717, 1.165) is 94.1 Å². The van der Waals surface area contributed by atoms with Gasteiger partial charge in [0.15, 0.2) is 0 Å². The summed E-state index contributed by atoms with van der Waals surface area (Å²) in [6, 6.07) is 13.4. The van der Waals surface area contributed by atoms with Crippen LogP contribution in [0.25, 0.3) is 10.9 Å². The number of carbonyl (C=O) groups is 5. The number of aromatic nitrogens is 2. The van der Waals surface area contributed by atoms with Gasteiger partial charge in [0.05, 0.1) is 22.8 Å². The molecule has 8 rings (SSSR count). The fourth-order valence-corrected chi connectivity index (χ4v) is 10.3. The van der Waals surface area contributed by atoms with E-state index in [2.05, 4.69) is 42.3 Å². The number of amides is 5. The van der Waals surface area contributed by atoms with Crippen molar-refractivity contribution in [3.63, 3.8) is 0 Å². The first-order chi connectivity index (χ1) is 31.5. The van der Waals surface area contributed by atoms with Gasteiger partial charge >= 0.3 is 0 Å². The number of likely N-dealkylation sites (tertiary alicyclic amines) is 1. The van der Waals surface area contributed by atoms with Gasteiger partial charge in [-0.15, -0.1) is 11.8 Å². The number of hydrogen-bond donors (Lipinski definition) is 3. The Hall–Kier alpha value is -5.62. The highest BCUT2D eigenvalue weighted by molar-refractivity contribution is 7.99. The molecule has 0 saturated carbocycles. The molecule has 0 bridgehead atoms. The van der Waals surface area contributed by atoms with Crippen LogP contribution in [0.3, 0.4) is 0 Å². The van der Waals surface area contributed by atoms with Crippen LogP contribution >= 0.6 is 23.4 Å². The number of piperazine rings is 1. The highest BCUT2D eigenvalue weighted by atomic mass is 35.5. The zero-order valence-corrected chi connectivity index (χ0v) is 37.7. The summed E-state index contributed by atoms with van der Waals surface area (Å²) in [6.45, 7) is 10.5. The number of nitrogens with zero attached hydrogens (tertiary/aromatic N) is 6. The molecule has 18 heteroatoms. The third-order valence-corrected chi connectivity index (χ3v) is 14.0. The number of unbranched alkanes of at least 4 members (excludes halogenated alkanes) is 1. The molecule has 1 aromatic heterocycles. The van der Waals surface area contributed by atoms with Crippen molar-refractivity contribution in [3.8, 4) is 5.75 Å². The van der Waals surface area contributed by atoms with Gasteiger partial charge in [-0.1, -0.05) is 24.2 Å². The smallest absolute Gasteiger partial charge is 0.255 e. The number of nitrogens with one attached hydrogen (secondary N) is 3. The van der Waals surface area contributed by atoms with E-state index in [4.69, 9.17) is 16.3 Å². The topological polar surface area (TPSA) is 169 Å². The van der Waals surface area contributed by atoms with Crippen LogP contribution in [-0.4, -0.2) is 129 Å². The maximum Gasteiger partial charge on any atom is 0.255 e. The second-order valence-corrected chi connectivity index (χ2v) is 18.3. The molecule has 4 aliphatic heterocycles. The van der Waals surface area contributed by atoms with Gasteiger partial charge in [-0.25, -0.2) is 14.4 Å². The molecule has 3 aromatic carbocycles. The number of benzene rings is 3. The number of piperidine rings is 2. The van der Waals surface area contributed by atoms with Gasteiger partial charge in [-0.2, -0.15) is 0 Å².